The van der Waals surface area contributed by atoms with Crippen molar-refractivity contribution in [1.82, 2.24) is 0 Å². The number of aliphatic hydroxyl groups is 1. The van der Waals surface area contributed by atoms with Crippen molar-refractivity contribution in [3.63, 3.8) is 0 Å². The second kappa shape index (κ2) is 7.27. The summed E-state index contributed by atoms with van der Waals surface area (Å²) in [5, 5.41) is 11.2. The summed E-state index contributed by atoms with van der Waals surface area (Å²) in [6, 6.07) is 0. The van der Waals surface area contributed by atoms with Crippen LogP contribution >= 0.6 is 0 Å². The van der Waals surface area contributed by atoms with Crippen molar-refractivity contribution in [2.75, 3.05) is 0 Å². The van der Waals surface area contributed by atoms with Crippen LogP contribution in [0.5, 0.6) is 0 Å². The van der Waals surface area contributed by atoms with Crippen LogP contribution in [0.4, 0.5) is 0 Å². The Labute approximate surface area is 151 Å². The minimum atomic E-state index is -0.744. The van der Waals surface area contributed by atoms with Gasteiger partial charge in [-0.1, -0.05) is 68.2 Å². The van der Waals surface area contributed by atoms with Crippen LogP contribution in [0.2, 0.25) is 0 Å². The molecule has 1 saturated carbocycles. The van der Waals surface area contributed by atoms with Gasteiger partial charge in [0.05, 0.1) is 5.60 Å². The average molecular weight is 341 g/mol. The Morgan fingerprint density at radius 3 is 1.71 bits per heavy atom. The van der Waals surface area contributed by atoms with Crippen LogP contribution in [-0.4, -0.2) is 17.0 Å². The fourth-order valence-corrected chi connectivity index (χ4v) is 4.29. The molecule has 24 heavy (non-hydrogen) atoms. The molecule has 0 heterocycles. The minimum absolute atomic E-state index is 0.0309. The lowest BCUT2D eigenvalue weighted by Gasteiger charge is -2.51. The molecule has 144 valence electrons. The van der Waals surface area contributed by atoms with Gasteiger partial charge < -0.3 is 9.84 Å². The summed E-state index contributed by atoms with van der Waals surface area (Å²) in [7, 11) is 0. The lowest BCUT2D eigenvalue weighted by Crippen LogP contribution is -2.51. The molecule has 0 radical (unpaired) electrons. The van der Waals surface area contributed by atoms with Crippen LogP contribution < -0.4 is 0 Å². The van der Waals surface area contributed by atoms with Gasteiger partial charge in [0.1, 0.15) is 0 Å². The Morgan fingerprint density at radius 1 is 0.875 bits per heavy atom. The van der Waals surface area contributed by atoms with Crippen LogP contribution in [0.1, 0.15) is 101 Å². The first-order valence-corrected chi connectivity index (χ1v) is 9.94. The third-order valence-corrected chi connectivity index (χ3v) is 6.57. The fourth-order valence-electron chi connectivity index (χ4n) is 4.29. The van der Waals surface area contributed by atoms with E-state index in [2.05, 4.69) is 69.2 Å². The van der Waals surface area contributed by atoms with Gasteiger partial charge in [-0.15, -0.1) is 0 Å². The van der Waals surface area contributed by atoms with E-state index in [1.165, 1.54) is 25.7 Å². The molecule has 2 atom stereocenters. The molecule has 2 unspecified atom stereocenters. The van der Waals surface area contributed by atoms with Crippen LogP contribution in [0, 0.1) is 28.1 Å². The molecule has 1 rings (SSSR count). The van der Waals surface area contributed by atoms with Gasteiger partial charge in [-0.2, -0.15) is 0 Å². The zero-order valence-corrected chi connectivity index (χ0v) is 18.1. The maximum Gasteiger partial charge on any atom is 0.161 e. The molecule has 0 aromatic carbocycles. The van der Waals surface area contributed by atoms with E-state index in [0.717, 1.165) is 12.3 Å². The van der Waals surface area contributed by atoms with Crippen LogP contribution in [0.3, 0.4) is 0 Å². The molecule has 2 heteroatoms. The van der Waals surface area contributed by atoms with Crippen molar-refractivity contribution < 1.29 is 9.84 Å². The highest BCUT2D eigenvalue weighted by Crippen LogP contribution is 2.50. The van der Waals surface area contributed by atoms with E-state index in [1.54, 1.807) is 0 Å². The van der Waals surface area contributed by atoms with Gasteiger partial charge in [0.15, 0.2) is 6.29 Å². The van der Waals surface area contributed by atoms with E-state index in [4.69, 9.17) is 4.74 Å². The number of ether oxygens (including phenoxy) is 1. The fraction of sp³-hybridized carbons (Fsp3) is 1.00. The van der Waals surface area contributed by atoms with Crippen molar-refractivity contribution in [2.24, 2.45) is 28.1 Å². The summed E-state index contributed by atoms with van der Waals surface area (Å²) < 4.78 is 6.41. The number of rotatable bonds is 5. The molecule has 1 aliphatic carbocycles. The zero-order valence-electron chi connectivity index (χ0n) is 18.1. The molecule has 1 fully saturated rings. The molecular weight excluding hydrogens is 296 g/mol. The molecule has 0 aliphatic heterocycles. The topological polar surface area (TPSA) is 29.5 Å². The second-order valence-corrected chi connectivity index (χ2v) is 11.4. The third kappa shape index (κ3) is 5.46. The van der Waals surface area contributed by atoms with Gasteiger partial charge in [-0.05, 0) is 55.8 Å². The van der Waals surface area contributed by atoms with Crippen molar-refractivity contribution in [2.45, 2.75) is 113 Å². The smallest absolute Gasteiger partial charge is 0.161 e. The molecule has 0 amide bonds. The Hall–Kier alpha value is -0.0800. The highest BCUT2D eigenvalue weighted by Gasteiger charge is 2.49. The summed E-state index contributed by atoms with van der Waals surface area (Å²) in [4.78, 5) is 0. The maximum absolute atomic E-state index is 11.2. The Morgan fingerprint density at radius 2 is 1.33 bits per heavy atom. The summed E-state index contributed by atoms with van der Waals surface area (Å²) >= 11 is 0. The van der Waals surface area contributed by atoms with Crippen molar-refractivity contribution in [3.05, 3.63) is 0 Å². The van der Waals surface area contributed by atoms with Gasteiger partial charge >= 0.3 is 0 Å². The van der Waals surface area contributed by atoms with Gasteiger partial charge in [-0.25, -0.2) is 0 Å². The lowest BCUT2D eigenvalue weighted by atomic mass is 9.60. The first-order chi connectivity index (χ1) is 10.6. The Bertz CT molecular complexity index is 391. The summed E-state index contributed by atoms with van der Waals surface area (Å²) in [5.41, 5.74) is -0.442. The molecule has 0 spiro atoms. The molecule has 0 aromatic rings. The number of hydrogen-bond donors (Lipinski definition) is 1. The monoisotopic (exact) mass is 340 g/mol. The first kappa shape index (κ1) is 22.0. The van der Waals surface area contributed by atoms with E-state index in [9.17, 15) is 5.11 Å². The average Bonchev–Trinajstić information content (AvgIpc) is 2.35. The molecule has 0 aromatic heterocycles. The highest BCUT2D eigenvalue weighted by molar-refractivity contribution is 4.94. The van der Waals surface area contributed by atoms with Crippen LogP contribution in [0.25, 0.3) is 0 Å². The SMILES string of the molecule is CC1CCC(C(C)(C)OC(O)C(C)(CC(C)(C)C)C(C)(C)C)CC1. The highest BCUT2D eigenvalue weighted by atomic mass is 16.6. The predicted octanol–water partition coefficient (Wildman–Crippen LogP) is 6.41. The quantitative estimate of drug-likeness (QED) is 0.585. The third-order valence-electron chi connectivity index (χ3n) is 6.57. The van der Waals surface area contributed by atoms with Crippen molar-refractivity contribution >= 4 is 0 Å². The van der Waals surface area contributed by atoms with Crippen LogP contribution in [0.15, 0.2) is 0 Å². The molecule has 1 aliphatic rings. The summed E-state index contributed by atoms with van der Waals surface area (Å²) in [5.74, 6) is 1.38. The summed E-state index contributed by atoms with van der Waals surface area (Å²) in [6.07, 6.45) is 5.19. The van der Waals surface area contributed by atoms with E-state index >= 15 is 0 Å². The van der Waals surface area contributed by atoms with Gasteiger partial charge in [0.25, 0.3) is 0 Å². The second-order valence-electron chi connectivity index (χ2n) is 11.4. The molecule has 1 N–H and O–H groups in total. The maximum atomic E-state index is 11.2. The van der Waals surface area contributed by atoms with E-state index in [-0.39, 0.29) is 21.8 Å². The van der Waals surface area contributed by atoms with Gasteiger partial charge in [0.2, 0.25) is 0 Å². The largest absolute Gasteiger partial charge is 0.367 e. The predicted molar refractivity (Wildman–Crippen MR) is 104 cm³/mol. The molecule has 0 bridgehead atoms. The van der Waals surface area contributed by atoms with Crippen molar-refractivity contribution in [1.29, 1.82) is 0 Å². The molecule has 0 saturated heterocycles. The van der Waals surface area contributed by atoms with Crippen molar-refractivity contribution in [3.8, 4) is 0 Å². The lowest BCUT2D eigenvalue weighted by molar-refractivity contribution is -0.267. The summed E-state index contributed by atoms with van der Waals surface area (Å²) in [6.45, 7) is 22.3. The van der Waals surface area contributed by atoms with E-state index in [1.807, 2.05) is 0 Å². The minimum Gasteiger partial charge on any atom is -0.367 e. The number of aliphatic hydroxyl groups excluding tert-OH is 1. The standard InChI is InChI=1S/C22H44O2/c1-16-11-13-17(14-12-16)21(8,9)24-18(23)22(10,20(5,6)7)15-19(2,3)4/h16-18,23H,11-15H2,1-10H3. The number of hydrogen-bond acceptors (Lipinski definition) is 2. The normalized spacial score (nSPS) is 27.6. The van der Waals surface area contributed by atoms with Gasteiger partial charge in [-0.3, -0.25) is 0 Å². The van der Waals surface area contributed by atoms with Crippen LogP contribution in [-0.2, 0) is 4.74 Å². The van der Waals surface area contributed by atoms with E-state index < -0.39 is 6.29 Å². The molecule has 2 nitrogen and oxygen atoms in total. The zero-order chi connectivity index (χ0) is 19.0. The Kier molecular flexibility index (Phi) is 6.65. The first-order valence-electron chi connectivity index (χ1n) is 9.94. The van der Waals surface area contributed by atoms with E-state index in [0.29, 0.717) is 5.92 Å². The Balaban J connectivity index is 2.93. The van der Waals surface area contributed by atoms with Gasteiger partial charge in [0, 0.05) is 5.41 Å². The molecular formula is C22H44O2.